The van der Waals surface area contributed by atoms with Crippen molar-refractivity contribution in [2.75, 3.05) is 0 Å². The van der Waals surface area contributed by atoms with Crippen molar-refractivity contribution >= 4 is 11.6 Å². The van der Waals surface area contributed by atoms with E-state index >= 15 is 0 Å². The first-order valence-electron chi connectivity index (χ1n) is 4.14. The summed E-state index contributed by atoms with van der Waals surface area (Å²) in [5.74, 6) is 0.394. The van der Waals surface area contributed by atoms with Crippen molar-refractivity contribution in [3.8, 4) is 0 Å². The number of hydrogen-bond acceptors (Lipinski definition) is 2. The van der Waals surface area contributed by atoms with Crippen LogP contribution in [0.2, 0.25) is 5.15 Å². The fraction of sp³-hybridized carbons (Fsp3) is 0.556. The molecule has 0 aromatic carbocycles. The van der Waals surface area contributed by atoms with Crippen molar-refractivity contribution in [2.24, 2.45) is 0 Å². The van der Waals surface area contributed by atoms with Gasteiger partial charge in [-0.1, -0.05) is 25.4 Å². The number of halogens is 1. The summed E-state index contributed by atoms with van der Waals surface area (Å²) in [5, 5.41) is 0.546. The molecule has 66 valence electrons. The van der Waals surface area contributed by atoms with E-state index in [4.69, 9.17) is 11.6 Å². The highest BCUT2D eigenvalue weighted by atomic mass is 35.5. The minimum absolute atomic E-state index is 0.394. The van der Waals surface area contributed by atoms with E-state index in [1.165, 1.54) is 0 Å². The fourth-order valence-electron chi connectivity index (χ4n) is 0.981. The molecule has 0 saturated heterocycles. The zero-order chi connectivity index (χ0) is 9.14. The van der Waals surface area contributed by atoms with Gasteiger partial charge in [-0.05, 0) is 13.3 Å². The summed E-state index contributed by atoms with van der Waals surface area (Å²) < 4.78 is 0. The maximum absolute atomic E-state index is 5.93. The molecule has 1 unspecified atom stereocenters. The lowest BCUT2D eigenvalue weighted by atomic mass is 10.1. The molecule has 0 aliphatic carbocycles. The van der Waals surface area contributed by atoms with E-state index in [0.29, 0.717) is 11.1 Å². The summed E-state index contributed by atoms with van der Waals surface area (Å²) in [7, 11) is 0. The van der Waals surface area contributed by atoms with E-state index in [1.54, 1.807) is 6.20 Å². The Hall–Kier alpha value is -0.630. The number of aryl methyl sites for hydroxylation is 1. The Balaban J connectivity index is 3.01. The summed E-state index contributed by atoms with van der Waals surface area (Å²) in [5.41, 5.74) is 1.77. The average molecular weight is 185 g/mol. The van der Waals surface area contributed by atoms with Crippen molar-refractivity contribution in [3.05, 3.63) is 22.7 Å². The third-order valence-electron chi connectivity index (χ3n) is 1.96. The van der Waals surface area contributed by atoms with Gasteiger partial charge in [0.2, 0.25) is 0 Å². The molecule has 12 heavy (non-hydrogen) atoms. The van der Waals surface area contributed by atoms with Gasteiger partial charge in [0.25, 0.3) is 0 Å². The van der Waals surface area contributed by atoms with Gasteiger partial charge in [0.05, 0.1) is 11.4 Å². The van der Waals surface area contributed by atoms with Crippen LogP contribution < -0.4 is 0 Å². The van der Waals surface area contributed by atoms with Crippen molar-refractivity contribution < 1.29 is 0 Å². The predicted molar refractivity (Wildman–Crippen MR) is 50.5 cm³/mol. The molecular formula is C9H13ClN2. The summed E-state index contributed by atoms with van der Waals surface area (Å²) in [6, 6.07) is 0. The Morgan fingerprint density at radius 3 is 2.75 bits per heavy atom. The number of nitrogens with zero attached hydrogens (tertiary/aromatic N) is 2. The second-order valence-electron chi connectivity index (χ2n) is 3.00. The third kappa shape index (κ3) is 1.95. The zero-order valence-corrected chi connectivity index (χ0v) is 8.39. The zero-order valence-electron chi connectivity index (χ0n) is 7.63. The first-order chi connectivity index (χ1) is 5.65. The highest BCUT2D eigenvalue weighted by Gasteiger charge is 2.09. The van der Waals surface area contributed by atoms with Crippen LogP contribution in [0.4, 0.5) is 0 Å². The van der Waals surface area contributed by atoms with Crippen LogP contribution in [-0.2, 0) is 0 Å². The van der Waals surface area contributed by atoms with E-state index in [0.717, 1.165) is 17.8 Å². The van der Waals surface area contributed by atoms with Crippen LogP contribution in [0.1, 0.15) is 37.6 Å². The second-order valence-corrected chi connectivity index (χ2v) is 3.35. The molecule has 0 aliphatic heterocycles. The van der Waals surface area contributed by atoms with E-state index in [1.807, 2.05) is 6.92 Å². The SMILES string of the molecule is CCC(C)c1ncc(C)nc1Cl. The molecule has 3 heteroatoms. The molecule has 0 aliphatic rings. The molecule has 0 bridgehead atoms. The van der Waals surface area contributed by atoms with Gasteiger partial charge in [0.15, 0.2) is 5.15 Å². The normalized spacial score (nSPS) is 13.0. The topological polar surface area (TPSA) is 25.8 Å². The predicted octanol–water partition coefficient (Wildman–Crippen LogP) is 2.95. The minimum Gasteiger partial charge on any atom is -0.256 e. The quantitative estimate of drug-likeness (QED) is 0.707. The molecule has 1 atom stereocenters. The Bertz CT molecular complexity index is 273. The molecule has 0 spiro atoms. The van der Waals surface area contributed by atoms with Gasteiger partial charge < -0.3 is 0 Å². The first kappa shape index (κ1) is 9.46. The molecule has 2 nitrogen and oxygen atoms in total. The molecule has 0 radical (unpaired) electrons. The van der Waals surface area contributed by atoms with Crippen LogP contribution in [0.25, 0.3) is 0 Å². The van der Waals surface area contributed by atoms with Crippen molar-refractivity contribution in [3.63, 3.8) is 0 Å². The van der Waals surface area contributed by atoms with Gasteiger partial charge in [-0.3, -0.25) is 4.98 Å². The van der Waals surface area contributed by atoms with Crippen molar-refractivity contribution in [1.29, 1.82) is 0 Å². The van der Waals surface area contributed by atoms with Gasteiger partial charge in [-0.2, -0.15) is 0 Å². The van der Waals surface area contributed by atoms with Crippen LogP contribution in [0.15, 0.2) is 6.20 Å². The maximum Gasteiger partial charge on any atom is 0.151 e. The Labute approximate surface area is 78.0 Å². The van der Waals surface area contributed by atoms with Crippen LogP contribution in [-0.4, -0.2) is 9.97 Å². The van der Waals surface area contributed by atoms with Gasteiger partial charge in [-0.25, -0.2) is 4.98 Å². The minimum atomic E-state index is 0.394. The molecule has 1 aromatic heterocycles. The monoisotopic (exact) mass is 184 g/mol. The van der Waals surface area contributed by atoms with Gasteiger partial charge in [-0.15, -0.1) is 0 Å². The maximum atomic E-state index is 5.93. The Kier molecular flexibility index (Phi) is 3.04. The Morgan fingerprint density at radius 2 is 2.25 bits per heavy atom. The van der Waals surface area contributed by atoms with E-state index in [9.17, 15) is 0 Å². The van der Waals surface area contributed by atoms with Crippen LogP contribution in [0, 0.1) is 6.92 Å². The molecule has 1 aromatic rings. The molecule has 0 N–H and O–H groups in total. The first-order valence-corrected chi connectivity index (χ1v) is 4.52. The third-order valence-corrected chi connectivity index (χ3v) is 2.23. The van der Waals surface area contributed by atoms with E-state index < -0.39 is 0 Å². The van der Waals surface area contributed by atoms with Crippen molar-refractivity contribution in [1.82, 2.24) is 9.97 Å². The number of aromatic nitrogens is 2. The van der Waals surface area contributed by atoms with Crippen molar-refractivity contribution in [2.45, 2.75) is 33.1 Å². The molecule has 0 amide bonds. The fourth-order valence-corrected chi connectivity index (χ4v) is 1.35. The lowest BCUT2D eigenvalue weighted by Crippen LogP contribution is -1.99. The molecule has 0 saturated carbocycles. The lowest BCUT2D eigenvalue weighted by molar-refractivity contribution is 0.701. The summed E-state index contributed by atoms with van der Waals surface area (Å²) >= 11 is 5.93. The van der Waals surface area contributed by atoms with Crippen LogP contribution in [0.5, 0.6) is 0 Å². The van der Waals surface area contributed by atoms with Crippen LogP contribution in [0.3, 0.4) is 0 Å². The molecule has 1 heterocycles. The molecule has 0 fully saturated rings. The highest BCUT2D eigenvalue weighted by Crippen LogP contribution is 2.22. The molecular weight excluding hydrogens is 172 g/mol. The Morgan fingerprint density at radius 1 is 1.58 bits per heavy atom. The van der Waals surface area contributed by atoms with Crippen LogP contribution >= 0.6 is 11.6 Å². The standard InChI is InChI=1S/C9H13ClN2/c1-4-6(2)8-9(10)12-7(3)5-11-8/h5-6H,4H2,1-3H3. The van der Waals surface area contributed by atoms with Gasteiger partial charge >= 0.3 is 0 Å². The number of hydrogen-bond donors (Lipinski definition) is 0. The lowest BCUT2D eigenvalue weighted by Gasteiger charge is -2.08. The van der Waals surface area contributed by atoms with E-state index in [-0.39, 0.29) is 0 Å². The summed E-state index contributed by atoms with van der Waals surface area (Å²) in [6.45, 7) is 6.10. The molecule has 1 rings (SSSR count). The van der Waals surface area contributed by atoms with Gasteiger partial charge in [0, 0.05) is 12.1 Å². The van der Waals surface area contributed by atoms with E-state index in [2.05, 4.69) is 23.8 Å². The smallest absolute Gasteiger partial charge is 0.151 e. The largest absolute Gasteiger partial charge is 0.256 e. The number of rotatable bonds is 2. The summed E-state index contributed by atoms with van der Waals surface area (Å²) in [6.07, 6.45) is 2.80. The highest BCUT2D eigenvalue weighted by molar-refractivity contribution is 6.30. The average Bonchev–Trinajstić information content (AvgIpc) is 2.03. The second kappa shape index (κ2) is 3.85. The van der Waals surface area contributed by atoms with Gasteiger partial charge in [0.1, 0.15) is 0 Å². The summed E-state index contributed by atoms with van der Waals surface area (Å²) in [4.78, 5) is 8.40.